The topological polar surface area (TPSA) is 55.1 Å². The van der Waals surface area contributed by atoms with Crippen LogP contribution < -0.4 is 11.1 Å². The number of nitrogen functional groups attached to an aromatic ring is 1. The lowest BCUT2D eigenvalue weighted by Gasteiger charge is -2.13. The van der Waals surface area contributed by atoms with Crippen LogP contribution in [0, 0.1) is 6.92 Å². The summed E-state index contributed by atoms with van der Waals surface area (Å²) in [6.45, 7) is 4.84. The lowest BCUT2D eigenvalue weighted by molar-refractivity contribution is -0.120. The van der Waals surface area contributed by atoms with E-state index >= 15 is 0 Å². The number of carbonyl (C=O) groups is 1. The van der Waals surface area contributed by atoms with Crippen molar-refractivity contribution in [3.05, 3.63) is 65.2 Å². The number of hydrogen-bond donors (Lipinski definition) is 2. The van der Waals surface area contributed by atoms with E-state index in [9.17, 15) is 4.79 Å². The van der Waals surface area contributed by atoms with Crippen LogP contribution in [0.1, 0.15) is 29.5 Å². The number of hydrogen-bond acceptors (Lipinski definition) is 2. The minimum absolute atomic E-state index is 0. The number of amides is 1. The maximum absolute atomic E-state index is 11.9. The van der Waals surface area contributed by atoms with Crippen LogP contribution in [0.25, 0.3) is 0 Å². The molecule has 1 atom stereocenters. The number of halogens is 1. The molecule has 0 aliphatic heterocycles. The summed E-state index contributed by atoms with van der Waals surface area (Å²) in [7, 11) is 0. The highest BCUT2D eigenvalue weighted by molar-refractivity contribution is 5.85. The van der Waals surface area contributed by atoms with Gasteiger partial charge in [-0.15, -0.1) is 12.4 Å². The highest BCUT2D eigenvalue weighted by Crippen LogP contribution is 2.15. The van der Waals surface area contributed by atoms with Crippen LogP contribution in [-0.2, 0) is 11.2 Å². The Morgan fingerprint density at radius 2 is 1.68 bits per heavy atom. The molecular formula is C18H23ClN2O. The fraction of sp³-hybridized carbons (Fsp3) is 0.278. The number of nitrogens with two attached hydrogens (primary N) is 1. The summed E-state index contributed by atoms with van der Waals surface area (Å²) in [6.07, 6.45) is 0.390. The van der Waals surface area contributed by atoms with Gasteiger partial charge in [-0.2, -0.15) is 0 Å². The molecule has 0 fully saturated rings. The average molecular weight is 319 g/mol. The lowest BCUT2D eigenvalue weighted by Crippen LogP contribution is -2.28. The van der Waals surface area contributed by atoms with E-state index in [1.54, 1.807) is 0 Å². The second-order valence-electron chi connectivity index (χ2n) is 5.53. The van der Waals surface area contributed by atoms with E-state index in [1.807, 2.05) is 24.3 Å². The first kappa shape index (κ1) is 18.1. The van der Waals surface area contributed by atoms with Crippen LogP contribution in [-0.4, -0.2) is 12.5 Å². The summed E-state index contributed by atoms with van der Waals surface area (Å²) >= 11 is 0. The first-order valence-corrected chi connectivity index (χ1v) is 7.22. The number of nitrogens with one attached hydrogen (secondary N) is 1. The minimum Gasteiger partial charge on any atom is -0.399 e. The fourth-order valence-corrected chi connectivity index (χ4v) is 2.16. The first-order chi connectivity index (χ1) is 10.0. The van der Waals surface area contributed by atoms with Crippen molar-refractivity contribution in [3.8, 4) is 0 Å². The molecule has 3 N–H and O–H groups in total. The quantitative estimate of drug-likeness (QED) is 0.829. The molecule has 4 heteroatoms. The van der Waals surface area contributed by atoms with E-state index < -0.39 is 0 Å². The summed E-state index contributed by atoms with van der Waals surface area (Å²) in [4.78, 5) is 11.9. The van der Waals surface area contributed by atoms with Crippen LogP contribution >= 0.6 is 12.4 Å². The van der Waals surface area contributed by atoms with Crippen LogP contribution in [0.3, 0.4) is 0 Å². The van der Waals surface area contributed by atoms with Gasteiger partial charge in [-0.25, -0.2) is 0 Å². The monoisotopic (exact) mass is 318 g/mol. The maximum atomic E-state index is 11.9. The van der Waals surface area contributed by atoms with Gasteiger partial charge in [0.25, 0.3) is 0 Å². The van der Waals surface area contributed by atoms with Gasteiger partial charge in [0.1, 0.15) is 0 Å². The second kappa shape index (κ2) is 8.44. The van der Waals surface area contributed by atoms with E-state index in [0.29, 0.717) is 24.6 Å². The molecule has 1 unspecified atom stereocenters. The van der Waals surface area contributed by atoms with Crippen molar-refractivity contribution >= 4 is 24.0 Å². The van der Waals surface area contributed by atoms with Crippen molar-refractivity contribution in [2.24, 2.45) is 0 Å². The Balaban J connectivity index is 0.00000242. The molecule has 3 nitrogen and oxygen atoms in total. The molecular weight excluding hydrogens is 296 g/mol. The third-order valence-corrected chi connectivity index (χ3v) is 3.60. The van der Waals surface area contributed by atoms with Gasteiger partial charge in [-0.3, -0.25) is 4.79 Å². The molecule has 0 saturated heterocycles. The van der Waals surface area contributed by atoms with E-state index in [2.05, 4.69) is 43.4 Å². The number of benzene rings is 2. The molecule has 0 bridgehead atoms. The highest BCUT2D eigenvalue weighted by atomic mass is 35.5. The Morgan fingerprint density at radius 1 is 1.09 bits per heavy atom. The summed E-state index contributed by atoms with van der Waals surface area (Å²) in [6, 6.07) is 15.8. The Labute approximate surface area is 138 Å². The Bertz CT molecular complexity index is 593. The Kier molecular flexibility index (Phi) is 6.93. The average Bonchev–Trinajstić information content (AvgIpc) is 2.48. The van der Waals surface area contributed by atoms with Crippen molar-refractivity contribution in [2.45, 2.75) is 26.2 Å². The van der Waals surface area contributed by atoms with E-state index in [1.165, 1.54) is 11.1 Å². The van der Waals surface area contributed by atoms with Crippen molar-refractivity contribution in [1.29, 1.82) is 0 Å². The fourth-order valence-electron chi connectivity index (χ4n) is 2.16. The van der Waals surface area contributed by atoms with Gasteiger partial charge in [-0.05, 0) is 36.1 Å². The molecule has 0 saturated carbocycles. The van der Waals surface area contributed by atoms with Crippen molar-refractivity contribution in [3.63, 3.8) is 0 Å². The van der Waals surface area contributed by atoms with Crippen LogP contribution in [0.5, 0.6) is 0 Å². The summed E-state index contributed by atoms with van der Waals surface area (Å²) in [5.74, 6) is 0.347. The molecule has 0 radical (unpaired) electrons. The lowest BCUT2D eigenvalue weighted by atomic mass is 10.00. The normalized spacial score (nSPS) is 11.4. The van der Waals surface area contributed by atoms with Gasteiger partial charge in [-0.1, -0.05) is 48.9 Å². The molecule has 0 aliphatic carbocycles. The van der Waals surface area contributed by atoms with Gasteiger partial charge >= 0.3 is 0 Å². The number of carbonyl (C=O) groups excluding carboxylic acids is 1. The molecule has 0 heterocycles. The van der Waals surface area contributed by atoms with Gasteiger partial charge in [0.05, 0.1) is 6.42 Å². The molecule has 2 aromatic carbocycles. The third-order valence-electron chi connectivity index (χ3n) is 3.60. The number of aryl methyl sites for hydroxylation is 1. The zero-order chi connectivity index (χ0) is 15.2. The predicted octanol–water partition coefficient (Wildman–Crippen LogP) is 3.46. The Hall–Kier alpha value is -2.00. The van der Waals surface area contributed by atoms with E-state index in [0.717, 1.165) is 5.56 Å². The predicted molar refractivity (Wildman–Crippen MR) is 94.4 cm³/mol. The highest BCUT2D eigenvalue weighted by Gasteiger charge is 2.08. The molecule has 2 aromatic rings. The van der Waals surface area contributed by atoms with Crippen LogP contribution in [0.2, 0.25) is 0 Å². The second-order valence-corrected chi connectivity index (χ2v) is 5.53. The van der Waals surface area contributed by atoms with Gasteiger partial charge < -0.3 is 11.1 Å². The molecule has 0 aromatic heterocycles. The maximum Gasteiger partial charge on any atom is 0.224 e. The molecule has 0 aliphatic rings. The zero-order valence-electron chi connectivity index (χ0n) is 13.0. The molecule has 22 heavy (non-hydrogen) atoms. The summed E-state index contributed by atoms with van der Waals surface area (Å²) < 4.78 is 0. The standard InChI is InChI=1S/C18H22N2O.ClH/c1-13-3-7-16(8-4-13)14(2)12-20-18(21)11-15-5-9-17(19)10-6-15;/h3-10,14H,11-12,19H2,1-2H3,(H,20,21);1H. The van der Waals surface area contributed by atoms with Gasteiger partial charge in [0.2, 0.25) is 5.91 Å². The van der Waals surface area contributed by atoms with E-state index in [4.69, 9.17) is 5.73 Å². The first-order valence-electron chi connectivity index (χ1n) is 7.22. The summed E-state index contributed by atoms with van der Waals surface area (Å²) in [5, 5.41) is 2.99. The zero-order valence-corrected chi connectivity index (χ0v) is 13.8. The number of rotatable bonds is 5. The van der Waals surface area contributed by atoms with Gasteiger partial charge in [0, 0.05) is 12.2 Å². The minimum atomic E-state index is 0. The molecule has 1 amide bonds. The summed E-state index contributed by atoms with van der Waals surface area (Å²) in [5.41, 5.74) is 9.81. The Morgan fingerprint density at radius 3 is 2.27 bits per heavy atom. The van der Waals surface area contributed by atoms with Crippen LogP contribution in [0.15, 0.2) is 48.5 Å². The third kappa shape index (κ3) is 5.41. The largest absolute Gasteiger partial charge is 0.399 e. The molecule has 2 rings (SSSR count). The van der Waals surface area contributed by atoms with Gasteiger partial charge in [0.15, 0.2) is 0 Å². The van der Waals surface area contributed by atoms with Crippen LogP contribution in [0.4, 0.5) is 5.69 Å². The smallest absolute Gasteiger partial charge is 0.224 e. The SMILES string of the molecule is Cc1ccc(C(C)CNC(=O)Cc2ccc(N)cc2)cc1.Cl. The molecule has 118 valence electrons. The van der Waals surface area contributed by atoms with Crippen molar-refractivity contribution in [1.82, 2.24) is 5.32 Å². The van der Waals surface area contributed by atoms with E-state index in [-0.39, 0.29) is 18.3 Å². The van der Waals surface area contributed by atoms with Crippen molar-refractivity contribution in [2.75, 3.05) is 12.3 Å². The van der Waals surface area contributed by atoms with Crippen molar-refractivity contribution < 1.29 is 4.79 Å². The number of anilines is 1. The molecule has 0 spiro atoms.